The average molecular weight is 224 g/mol. The predicted molar refractivity (Wildman–Crippen MR) is 58.9 cm³/mol. The predicted octanol–water partition coefficient (Wildman–Crippen LogP) is 2.94. The maximum Gasteiger partial charge on any atom is 0.306 e. The standard InChI is InChI=1S/C11H13FN2O2/c1-7(8-2-3-8)13-9-4-5-10(12)11(6-9)14(15)16/h4-8,13H,2-3H2,1H3. The smallest absolute Gasteiger partial charge is 0.306 e. The van der Waals surface area contributed by atoms with Crippen molar-refractivity contribution in [1.82, 2.24) is 0 Å². The van der Waals surface area contributed by atoms with E-state index in [0.29, 0.717) is 11.6 Å². The third-order valence-corrected chi connectivity index (χ3v) is 2.87. The molecule has 2 rings (SSSR count). The minimum absolute atomic E-state index is 0.282. The van der Waals surface area contributed by atoms with Gasteiger partial charge < -0.3 is 5.32 Å². The van der Waals surface area contributed by atoms with Crippen LogP contribution in [0.4, 0.5) is 15.8 Å². The molecule has 0 bridgehead atoms. The van der Waals surface area contributed by atoms with E-state index in [1.165, 1.54) is 25.0 Å². The van der Waals surface area contributed by atoms with E-state index in [4.69, 9.17) is 0 Å². The van der Waals surface area contributed by atoms with Crippen molar-refractivity contribution in [3.05, 3.63) is 34.1 Å². The Morgan fingerprint density at radius 3 is 2.81 bits per heavy atom. The molecule has 5 heteroatoms. The van der Waals surface area contributed by atoms with Gasteiger partial charge in [0.25, 0.3) is 0 Å². The number of rotatable bonds is 4. The van der Waals surface area contributed by atoms with Crippen molar-refractivity contribution in [1.29, 1.82) is 0 Å². The largest absolute Gasteiger partial charge is 0.382 e. The van der Waals surface area contributed by atoms with E-state index in [0.717, 1.165) is 6.07 Å². The fourth-order valence-corrected chi connectivity index (χ4v) is 1.72. The van der Waals surface area contributed by atoms with Crippen molar-refractivity contribution in [3.8, 4) is 0 Å². The van der Waals surface area contributed by atoms with Gasteiger partial charge in [-0.25, -0.2) is 0 Å². The van der Waals surface area contributed by atoms with Gasteiger partial charge in [-0.1, -0.05) is 0 Å². The lowest BCUT2D eigenvalue weighted by atomic mass is 10.2. The molecule has 86 valence electrons. The van der Waals surface area contributed by atoms with Crippen LogP contribution >= 0.6 is 0 Å². The summed E-state index contributed by atoms with van der Waals surface area (Å²) in [6.45, 7) is 2.03. The summed E-state index contributed by atoms with van der Waals surface area (Å²) in [5.74, 6) is -0.154. The molecule has 1 aromatic carbocycles. The van der Waals surface area contributed by atoms with Gasteiger partial charge in [0, 0.05) is 17.8 Å². The molecule has 0 aliphatic heterocycles. The molecular weight excluding hydrogens is 211 g/mol. The number of halogens is 1. The molecule has 1 aromatic rings. The van der Waals surface area contributed by atoms with E-state index >= 15 is 0 Å². The lowest BCUT2D eigenvalue weighted by molar-refractivity contribution is -0.387. The first kappa shape index (κ1) is 10.9. The minimum atomic E-state index is -0.797. The van der Waals surface area contributed by atoms with Crippen LogP contribution in [-0.2, 0) is 0 Å². The quantitative estimate of drug-likeness (QED) is 0.632. The van der Waals surface area contributed by atoms with E-state index < -0.39 is 16.4 Å². The summed E-state index contributed by atoms with van der Waals surface area (Å²) in [4.78, 5) is 9.84. The number of nitrogens with zero attached hydrogens (tertiary/aromatic N) is 1. The Hall–Kier alpha value is -1.65. The second-order valence-electron chi connectivity index (χ2n) is 4.19. The van der Waals surface area contributed by atoms with E-state index in [1.54, 1.807) is 0 Å². The molecule has 1 fully saturated rings. The first-order valence-corrected chi connectivity index (χ1v) is 5.28. The SMILES string of the molecule is CC(Nc1ccc(F)c([N+](=O)[O-])c1)C1CC1. The highest BCUT2D eigenvalue weighted by Crippen LogP contribution is 2.34. The van der Waals surface area contributed by atoms with Crippen LogP contribution < -0.4 is 5.32 Å². The summed E-state index contributed by atoms with van der Waals surface area (Å²) < 4.78 is 13.1. The normalized spacial score (nSPS) is 16.9. The molecule has 0 spiro atoms. The topological polar surface area (TPSA) is 55.2 Å². The third-order valence-electron chi connectivity index (χ3n) is 2.87. The van der Waals surface area contributed by atoms with Gasteiger partial charge in [0.1, 0.15) is 0 Å². The lowest BCUT2D eigenvalue weighted by Crippen LogP contribution is -2.17. The fraction of sp³-hybridized carbons (Fsp3) is 0.455. The Labute approximate surface area is 92.6 Å². The highest BCUT2D eigenvalue weighted by molar-refractivity contribution is 5.52. The summed E-state index contributed by atoms with van der Waals surface area (Å²) in [5.41, 5.74) is 0.125. The van der Waals surface area contributed by atoms with Crippen LogP contribution in [0, 0.1) is 21.8 Å². The Morgan fingerprint density at radius 2 is 2.25 bits per heavy atom. The molecule has 4 nitrogen and oxygen atoms in total. The molecule has 1 saturated carbocycles. The van der Waals surface area contributed by atoms with Gasteiger partial charge in [-0.2, -0.15) is 4.39 Å². The zero-order valence-corrected chi connectivity index (χ0v) is 8.94. The first-order valence-electron chi connectivity index (χ1n) is 5.28. The van der Waals surface area contributed by atoms with Crippen LogP contribution in [0.2, 0.25) is 0 Å². The van der Waals surface area contributed by atoms with Crippen molar-refractivity contribution < 1.29 is 9.31 Å². The van der Waals surface area contributed by atoms with Gasteiger partial charge in [-0.3, -0.25) is 10.1 Å². The Balaban J connectivity index is 2.15. The number of hydrogen-bond acceptors (Lipinski definition) is 3. The van der Waals surface area contributed by atoms with Crippen molar-refractivity contribution in [2.24, 2.45) is 5.92 Å². The van der Waals surface area contributed by atoms with Gasteiger partial charge in [-0.15, -0.1) is 0 Å². The summed E-state index contributed by atoms with van der Waals surface area (Å²) in [6, 6.07) is 4.18. The van der Waals surface area contributed by atoms with Gasteiger partial charge >= 0.3 is 5.69 Å². The van der Waals surface area contributed by atoms with Crippen LogP contribution in [0.25, 0.3) is 0 Å². The third kappa shape index (κ3) is 2.29. The molecule has 1 N–H and O–H groups in total. The number of benzene rings is 1. The lowest BCUT2D eigenvalue weighted by Gasteiger charge is -2.13. The summed E-state index contributed by atoms with van der Waals surface area (Å²) in [7, 11) is 0. The molecule has 0 radical (unpaired) electrons. The van der Waals surface area contributed by atoms with E-state index in [2.05, 4.69) is 5.32 Å². The van der Waals surface area contributed by atoms with Crippen LogP contribution in [0.3, 0.4) is 0 Å². The van der Waals surface area contributed by atoms with Crippen LogP contribution in [0.15, 0.2) is 18.2 Å². The summed E-state index contributed by atoms with van der Waals surface area (Å²) in [5, 5.41) is 13.7. The first-order chi connectivity index (χ1) is 7.58. The molecule has 1 aliphatic carbocycles. The Kier molecular flexibility index (Phi) is 2.77. The second kappa shape index (κ2) is 4.08. The van der Waals surface area contributed by atoms with Crippen molar-refractivity contribution in [3.63, 3.8) is 0 Å². The average Bonchev–Trinajstić information content (AvgIpc) is 3.03. The molecular formula is C11H13FN2O2. The number of hydrogen-bond donors (Lipinski definition) is 1. The van der Waals surface area contributed by atoms with Crippen molar-refractivity contribution >= 4 is 11.4 Å². The number of nitrogens with one attached hydrogen (secondary N) is 1. The zero-order valence-electron chi connectivity index (χ0n) is 8.94. The van der Waals surface area contributed by atoms with E-state index in [9.17, 15) is 14.5 Å². The van der Waals surface area contributed by atoms with Gasteiger partial charge in [-0.05, 0) is 37.8 Å². The van der Waals surface area contributed by atoms with E-state index in [1.807, 2.05) is 6.92 Å². The highest BCUT2D eigenvalue weighted by atomic mass is 19.1. The molecule has 16 heavy (non-hydrogen) atoms. The molecule has 1 unspecified atom stereocenters. The molecule has 0 amide bonds. The van der Waals surface area contributed by atoms with Gasteiger partial charge in [0.05, 0.1) is 4.92 Å². The molecule has 0 heterocycles. The van der Waals surface area contributed by atoms with Crippen molar-refractivity contribution in [2.45, 2.75) is 25.8 Å². The monoisotopic (exact) mass is 224 g/mol. The highest BCUT2D eigenvalue weighted by Gasteiger charge is 2.28. The fourth-order valence-electron chi connectivity index (χ4n) is 1.72. The van der Waals surface area contributed by atoms with Crippen LogP contribution in [0.5, 0.6) is 0 Å². The van der Waals surface area contributed by atoms with Crippen LogP contribution in [-0.4, -0.2) is 11.0 Å². The molecule has 1 aliphatic rings. The zero-order chi connectivity index (χ0) is 11.7. The number of nitro benzene ring substituents is 1. The van der Waals surface area contributed by atoms with Gasteiger partial charge in [0.2, 0.25) is 5.82 Å². The van der Waals surface area contributed by atoms with Crippen molar-refractivity contribution in [2.75, 3.05) is 5.32 Å². The maximum atomic E-state index is 13.1. The van der Waals surface area contributed by atoms with Crippen LogP contribution in [0.1, 0.15) is 19.8 Å². The summed E-state index contributed by atoms with van der Waals surface area (Å²) in [6.07, 6.45) is 2.38. The van der Waals surface area contributed by atoms with Gasteiger partial charge in [0.15, 0.2) is 0 Å². The minimum Gasteiger partial charge on any atom is -0.382 e. The number of anilines is 1. The summed E-state index contributed by atoms with van der Waals surface area (Å²) >= 11 is 0. The Morgan fingerprint density at radius 1 is 1.56 bits per heavy atom. The Bertz CT molecular complexity index is 418. The maximum absolute atomic E-state index is 13.1. The second-order valence-corrected chi connectivity index (χ2v) is 4.19. The molecule has 0 saturated heterocycles. The molecule has 1 atom stereocenters. The van der Waals surface area contributed by atoms with E-state index in [-0.39, 0.29) is 6.04 Å². The molecule has 0 aromatic heterocycles. The number of nitro groups is 1.